The quantitative estimate of drug-likeness (QED) is 0.233. The van der Waals surface area contributed by atoms with Gasteiger partial charge in [0, 0.05) is 36.1 Å². The number of ether oxygens (including phenoxy) is 1. The van der Waals surface area contributed by atoms with Crippen molar-refractivity contribution >= 4 is 45.7 Å². The summed E-state index contributed by atoms with van der Waals surface area (Å²) in [6, 6.07) is 22.8. The Morgan fingerprint density at radius 1 is 0.889 bits per heavy atom. The number of anilines is 1. The van der Waals surface area contributed by atoms with Gasteiger partial charge in [-0.3, -0.25) is 9.59 Å². The predicted octanol–water partition coefficient (Wildman–Crippen LogP) is 4.81. The van der Waals surface area contributed by atoms with Crippen LogP contribution in [0.2, 0.25) is 0 Å². The molecule has 0 fully saturated rings. The lowest BCUT2D eigenvalue weighted by atomic mass is 10.0. The summed E-state index contributed by atoms with van der Waals surface area (Å²) < 4.78 is 5.20. The summed E-state index contributed by atoms with van der Waals surface area (Å²) in [6.45, 7) is 0.837. The van der Waals surface area contributed by atoms with Crippen molar-refractivity contribution in [3.05, 3.63) is 90.6 Å². The molecule has 1 aromatic heterocycles. The molecule has 2 amide bonds. The summed E-state index contributed by atoms with van der Waals surface area (Å²) in [6.07, 6.45) is 2.02. The third kappa shape index (κ3) is 6.63. The second-order valence-electron chi connectivity index (χ2n) is 8.06. The largest absolute Gasteiger partial charge is 0.454 e. The monoisotopic (exact) mass is 483 g/mol. The first-order valence-corrected chi connectivity index (χ1v) is 11.3. The van der Waals surface area contributed by atoms with Crippen LogP contribution < -0.4 is 10.6 Å². The third-order valence-corrected chi connectivity index (χ3v) is 5.29. The predicted molar refractivity (Wildman–Crippen MR) is 136 cm³/mol. The van der Waals surface area contributed by atoms with E-state index in [0.717, 1.165) is 22.2 Å². The number of aromatic nitrogens is 1. The molecular weight excluding hydrogens is 458 g/mol. The minimum Gasteiger partial charge on any atom is -0.454 e. The number of carbonyl (C=O) groups is 3. The van der Waals surface area contributed by atoms with Crippen LogP contribution in [0.4, 0.5) is 17.1 Å². The van der Waals surface area contributed by atoms with Crippen LogP contribution in [0.3, 0.4) is 0 Å². The highest BCUT2D eigenvalue weighted by atomic mass is 16.5. The van der Waals surface area contributed by atoms with Crippen LogP contribution in [-0.2, 0) is 25.5 Å². The molecule has 36 heavy (non-hydrogen) atoms. The summed E-state index contributed by atoms with van der Waals surface area (Å²) >= 11 is 0. The van der Waals surface area contributed by atoms with Crippen molar-refractivity contribution in [1.29, 1.82) is 0 Å². The highest BCUT2D eigenvalue weighted by molar-refractivity contribution is 5.94. The van der Waals surface area contributed by atoms with Gasteiger partial charge in [-0.25, -0.2) is 4.79 Å². The third-order valence-electron chi connectivity index (χ3n) is 5.29. The van der Waals surface area contributed by atoms with E-state index in [-0.39, 0.29) is 12.3 Å². The average molecular weight is 484 g/mol. The molecule has 1 heterocycles. The van der Waals surface area contributed by atoms with E-state index in [2.05, 4.69) is 25.8 Å². The fourth-order valence-electron chi connectivity index (χ4n) is 3.61. The van der Waals surface area contributed by atoms with Crippen LogP contribution in [0.5, 0.6) is 0 Å². The van der Waals surface area contributed by atoms with E-state index in [9.17, 15) is 14.4 Å². The number of nitrogens with one attached hydrogen (secondary N) is 3. The molecule has 3 aromatic carbocycles. The van der Waals surface area contributed by atoms with E-state index in [1.165, 1.54) is 6.92 Å². The Labute approximate surface area is 207 Å². The molecule has 0 saturated heterocycles. The topological polar surface area (TPSA) is 125 Å². The Balaban J connectivity index is 1.31. The second kappa shape index (κ2) is 11.6. The van der Waals surface area contributed by atoms with Crippen molar-refractivity contribution in [2.24, 2.45) is 10.2 Å². The molecule has 1 atom stereocenters. The standard InChI is InChI=1S/C27H25N5O4/c1-18(33)29-25(15-19-16-28-24-10-6-5-9-23(19)24)27(35)36-17-26(34)30-20-11-13-22(14-12-20)32-31-21-7-3-2-4-8-21/h2-14,16,25,28H,15,17H2,1H3,(H,29,33)(H,30,34)/t25-/m0/s1. The first kappa shape index (κ1) is 24.3. The molecule has 4 aromatic rings. The van der Waals surface area contributed by atoms with E-state index in [0.29, 0.717) is 11.4 Å². The van der Waals surface area contributed by atoms with Gasteiger partial charge in [-0.2, -0.15) is 10.2 Å². The summed E-state index contributed by atoms with van der Waals surface area (Å²) in [7, 11) is 0. The number of esters is 1. The number of hydrogen-bond donors (Lipinski definition) is 3. The average Bonchev–Trinajstić information content (AvgIpc) is 3.29. The molecule has 0 saturated carbocycles. The fourth-order valence-corrected chi connectivity index (χ4v) is 3.61. The number of hydrogen-bond acceptors (Lipinski definition) is 6. The lowest BCUT2D eigenvalue weighted by molar-refractivity contribution is -0.150. The minimum absolute atomic E-state index is 0.225. The van der Waals surface area contributed by atoms with Crippen LogP contribution in [0, 0.1) is 0 Å². The summed E-state index contributed by atoms with van der Waals surface area (Å²) in [5.41, 5.74) is 3.66. The zero-order valence-electron chi connectivity index (χ0n) is 19.6. The molecular formula is C27H25N5O4. The van der Waals surface area contributed by atoms with Crippen LogP contribution in [-0.4, -0.2) is 35.4 Å². The van der Waals surface area contributed by atoms with Gasteiger partial charge in [-0.1, -0.05) is 36.4 Å². The zero-order chi connectivity index (χ0) is 25.3. The van der Waals surface area contributed by atoms with Crippen LogP contribution in [0.1, 0.15) is 12.5 Å². The van der Waals surface area contributed by atoms with E-state index in [1.807, 2.05) is 54.6 Å². The number of benzene rings is 3. The van der Waals surface area contributed by atoms with E-state index in [4.69, 9.17) is 4.74 Å². The number of azo groups is 1. The van der Waals surface area contributed by atoms with E-state index in [1.54, 1.807) is 30.5 Å². The van der Waals surface area contributed by atoms with E-state index < -0.39 is 24.5 Å². The molecule has 4 rings (SSSR count). The molecule has 0 aliphatic carbocycles. The first-order valence-electron chi connectivity index (χ1n) is 11.3. The van der Waals surface area contributed by atoms with Gasteiger partial charge < -0.3 is 20.4 Å². The molecule has 0 aliphatic rings. The Morgan fingerprint density at radius 2 is 1.56 bits per heavy atom. The van der Waals surface area contributed by atoms with E-state index >= 15 is 0 Å². The van der Waals surface area contributed by atoms with Crippen molar-refractivity contribution in [1.82, 2.24) is 10.3 Å². The Bertz CT molecular complexity index is 1380. The Hall–Kier alpha value is -4.79. The van der Waals surface area contributed by atoms with Gasteiger partial charge in [0.25, 0.3) is 5.91 Å². The van der Waals surface area contributed by atoms with Crippen molar-refractivity contribution in [2.75, 3.05) is 11.9 Å². The van der Waals surface area contributed by atoms with Crippen molar-refractivity contribution in [3.63, 3.8) is 0 Å². The maximum absolute atomic E-state index is 12.7. The van der Waals surface area contributed by atoms with Crippen molar-refractivity contribution < 1.29 is 19.1 Å². The van der Waals surface area contributed by atoms with Crippen molar-refractivity contribution in [2.45, 2.75) is 19.4 Å². The smallest absolute Gasteiger partial charge is 0.329 e. The summed E-state index contributed by atoms with van der Waals surface area (Å²) in [5, 5.41) is 14.5. The van der Waals surface area contributed by atoms with Gasteiger partial charge in [0.05, 0.1) is 11.4 Å². The number of amides is 2. The number of fused-ring (bicyclic) bond motifs is 1. The molecule has 3 N–H and O–H groups in total. The highest BCUT2D eigenvalue weighted by Crippen LogP contribution is 2.21. The van der Waals surface area contributed by atoms with Crippen LogP contribution >= 0.6 is 0 Å². The highest BCUT2D eigenvalue weighted by Gasteiger charge is 2.23. The number of carbonyl (C=O) groups excluding carboxylic acids is 3. The summed E-state index contributed by atoms with van der Waals surface area (Å²) in [4.78, 5) is 39.8. The molecule has 182 valence electrons. The van der Waals surface area contributed by atoms with Crippen molar-refractivity contribution in [3.8, 4) is 0 Å². The molecule has 9 nitrogen and oxygen atoms in total. The summed E-state index contributed by atoms with van der Waals surface area (Å²) in [5.74, 6) is -1.57. The molecule has 0 radical (unpaired) electrons. The van der Waals surface area contributed by atoms with Gasteiger partial charge in [0.15, 0.2) is 6.61 Å². The lowest BCUT2D eigenvalue weighted by Crippen LogP contribution is -2.43. The molecule has 0 unspecified atom stereocenters. The van der Waals surface area contributed by atoms with Gasteiger partial charge in [-0.15, -0.1) is 0 Å². The number of aromatic amines is 1. The van der Waals surface area contributed by atoms with Crippen LogP contribution in [0.25, 0.3) is 10.9 Å². The molecule has 0 bridgehead atoms. The Morgan fingerprint density at radius 3 is 2.28 bits per heavy atom. The molecule has 0 spiro atoms. The van der Waals surface area contributed by atoms with Crippen LogP contribution in [0.15, 0.2) is 95.3 Å². The van der Waals surface area contributed by atoms with Gasteiger partial charge >= 0.3 is 5.97 Å². The number of nitrogens with zero attached hydrogens (tertiary/aromatic N) is 2. The first-order chi connectivity index (χ1) is 17.5. The number of H-pyrrole nitrogens is 1. The maximum atomic E-state index is 12.7. The van der Waals surface area contributed by atoms with Gasteiger partial charge in [-0.05, 0) is 48.0 Å². The SMILES string of the molecule is CC(=O)N[C@@H](Cc1c[nH]c2ccccc12)C(=O)OCC(=O)Nc1ccc(N=Nc2ccccc2)cc1. The lowest BCUT2D eigenvalue weighted by Gasteiger charge is -2.16. The van der Waals surface area contributed by atoms with Gasteiger partial charge in [0.2, 0.25) is 5.91 Å². The Kier molecular flexibility index (Phi) is 7.82. The zero-order valence-corrected chi connectivity index (χ0v) is 19.6. The van der Waals surface area contributed by atoms with Gasteiger partial charge in [0.1, 0.15) is 6.04 Å². The number of para-hydroxylation sites is 1. The normalized spacial score (nSPS) is 11.8. The molecule has 0 aliphatic heterocycles. The minimum atomic E-state index is -0.927. The fraction of sp³-hybridized carbons (Fsp3) is 0.148. The second-order valence-corrected chi connectivity index (χ2v) is 8.06. The maximum Gasteiger partial charge on any atom is 0.329 e. The molecule has 9 heteroatoms. The number of rotatable bonds is 9.